The van der Waals surface area contributed by atoms with Gasteiger partial charge in [0.1, 0.15) is 11.5 Å². The average molecular weight is 1770 g/mol. The van der Waals surface area contributed by atoms with E-state index in [1.807, 2.05) is 200 Å². The zero-order valence-corrected chi connectivity index (χ0v) is 75.1. The van der Waals surface area contributed by atoms with Crippen molar-refractivity contribution in [2.24, 2.45) is 0 Å². The summed E-state index contributed by atoms with van der Waals surface area (Å²) in [5, 5.41) is 2.26. The lowest BCUT2D eigenvalue weighted by Crippen LogP contribution is -2.64. The van der Waals surface area contributed by atoms with Crippen molar-refractivity contribution in [2.75, 3.05) is 9.80 Å². The molecule has 0 unspecified atom stereocenters. The minimum absolute atomic E-state index is 0.0381. The van der Waals surface area contributed by atoms with E-state index in [1.54, 1.807) is 4.57 Å². The summed E-state index contributed by atoms with van der Waals surface area (Å²) in [5.41, 5.74) is 11.9. The lowest BCUT2D eigenvalue weighted by Gasteiger charge is -2.49. The zero-order chi connectivity index (χ0) is 110. The monoisotopic (exact) mass is 1770 g/mol. The molecule has 0 bridgehead atoms. The number of hydrogen-bond donors (Lipinski definition) is 0. The van der Waals surface area contributed by atoms with Crippen molar-refractivity contribution in [2.45, 2.75) is 52.4 Å². The van der Waals surface area contributed by atoms with E-state index in [9.17, 15) is 28.8 Å². The second-order valence-electron chi connectivity index (χ2n) is 38.0. The van der Waals surface area contributed by atoms with Gasteiger partial charge in [0.2, 0.25) is 0 Å². The van der Waals surface area contributed by atoms with E-state index in [0.717, 1.165) is 60.4 Å². The summed E-state index contributed by atoms with van der Waals surface area (Å²) in [6.07, 6.45) is 0. The number of fused-ring (bicyclic) bond motifs is 21. The van der Waals surface area contributed by atoms with Crippen molar-refractivity contribution in [3.63, 3.8) is 0 Å². The molecule has 8 heterocycles. The molecule has 0 fully saturated rings. The smallest absolute Gasteiger partial charge is 0.256 e. The number of para-hydroxylation sites is 7. The highest BCUT2D eigenvalue weighted by molar-refractivity contribution is 7.02. The van der Waals surface area contributed by atoms with E-state index in [1.165, 1.54) is 4.57 Å². The van der Waals surface area contributed by atoms with Crippen molar-refractivity contribution in [1.82, 2.24) is 18.3 Å². The lowest BCUT2D eigenvalue weighted by molar-refractivity contribution is 0.489. The fraction of sp³-hybridized carbons (Fsp3) is 0.0625. The van der Waals surface area contributed by atoms with Gasteiger partial charge in [-0.25, -0.2) is 0 Å². The Hall–Kier alpha value is -16.9. The standard InChI is InChI=1S/C128H90B2N6O/c1-127(2,3)87-72-97(81-42-17-9-18-43-81)120(98(73-87)82-44-19-10-20-45-82)135-113-76-89(131-106-58-31-25-50-90(106)91-51-26-32-59-107(91)131)66-68-102(113)129-105-77-114-118-126(137-117-71-86(80-40-15-8-16-41-80)64-67-103(117)130(118)104-57-37-56-96-101-70-85(79-38-13-7-14-39-79)65-69-112(101)134(114)122(96)104)123(105)136(121-99(83-46-21-11-22-47-83)74-88(128(4,5)6)75-100(121)84-48-23-12-24-49-84)125-116(133-110-62-35-29-54-94(110)95-55-30-36-63-111(95)133)78-115(124(135)119(125)129)132-108-60-33-27-52-92(108)93-53-28-34-61-109(93)132/h7-78H,1-6H3/i7D,13D,14D,25D,26D,31D,32D,37D,38D,39D,50D,51D,56D,57D,58D,59D,65D,66D,68D,69D,70D,76D. The van der Waals surface area contributed by atoms with Gasteiger partial charge in [0.25, 0.3) is 13.4 Å². The summed E-state index contributed by atoms with van der Waals surface area (Å²) in [5.74, 6) is 0.312. The van der Waals surface area contributed by atoms with Crippen molar-refractivity contribution < 1.29 is 34.9 Å². The van der Waals surface area contributed by atoms with E-state index in [0.29, 0.717) is 100 Å². The summed E-state index contributed by atoms with van der Waals surface area (Å²) >= 11 is 0. The lowest BCUT2D eigenvalue weighted by atomic mass is 9.31. The van der Waals surface area contributed by atoms with Crippen LogP contribution >= 0.6 is 0 Å². The van der Waals surface area contributed by atoms with Gasteiger partial charge in [-0.3, -0.25) is 0 Å². The van der Waals surface area contributed by atoms with Gasteiger partial charge in [0.05, 0.1) is 109 Å². The second-order valence-corrected chi connectivity index (χ2v) is 38.0. The van der Waals surface area contributed by atoms with Crippen LogP contribution in [-0.4, -0.2) is 31.7 Å². The largest absolute Gasteiger partial charge is 0.456 e. The third kappa shape index (κ3) is 11.7. The van der Waals surface area contributed by atoms with Gasteiger partial charge in [0, 0.05) is 87.9 Å². The molecule has 0 radical (unpaired) electrons. The van der Waals surface area contributed by atoms with Gasteiger partial charge in [-0.05, 0) is 202 Å². The minimum atomic E-state index is -1.67. The minimum Gasteiger partial charge on any atom is -0.456 e. The van der Waals surface area contributed by atoms with Gasteiger partial charge in [-0.2, -0.15) is 0 Å². The molecule has 644 valence electrons. The molecule has 24 aromatic rings. The van der Waals surface area contributed by atoms with Crippen molar-refractivity contribution in [3.8, 4) is 101 Å². The first kappa shape index (κ1) is 59.6. The van der Waals surface area contributed by atoms with Gasteiger partial charge in [-0.15, -0.1) is 0 Å². The van der Waals surface area contributed by atoms with E-state index in [4.69, 9.17) is 6.11 Å². The first-order valence-corrected chi connectivity index (χ1v) is 46.2. The molecular weight excluding hydrogens is 1660 g/mol. The molecule has 0 saturated carbocycles. The van der Waals surface area contributed by atoms with Crippen molar-refractivity contribution >= 4 is 168 Å². The highest BCUT2D eigenvalue weighted by Crippen LogP contribution is 2.61. The number of benzene rings is 20. The van der Waals surface area contributed by atoms with E-state index >= 15 is 0 Å². The van der Waals surface area contributed by atoms with Crippen LogP contribution < -0.4 is 47.3 Å². The van der Waals surface area contributed by atoms with Gasteiger partial charge < -0.3 is 32.8 Å². The molecule has 0 atom stereocenters. The van der Waals surface area contributed by atoms with Crippen molar-refractivity contribution in [3.05, 3.63) is 447 Å². The molecule has 4 aromatic heterocycles. The Morgan fingerprint density at radius 3 is 1.20 bits per heavy atom. The molecule has 0 N–H and O–H groups in total. The topological polar surface area (TPSA) is 35.4 Å². The Balaban J connectivity index is 0.954. The summed E-state index contributed by atoms with van der Waals surface area (Å²) in [7, 11) is 0. The fourth-order valence-corrected chi connectivity index (χ4v) is 22.3. The number of aromatic nitrogens is 4. The van der Waals surface area contributed by atoms with Crippen LogP contribution in [-0.2, 0) is 10.8 Å². The highest BCUT2D eigenvalue weighted by Gasteiger charge is 2.53. The SMILES string of the molecule is [2H]c1c([2H])c([2H])c(-c2c([2H])c([2H])c3c(c2[2H])c2c([2H])c([2H])c([2H])c4c2n3-c2cc3c(c5c2B4c2ccc(-c4ccccc4)cc2O5)N(c2c(-c4ccccc4)cc(C(C)(C)C)cc2-c2ccccc2)c2c(-n4c5ccccc5c5ccccc54)cc(-n4c5ccccc5c5ccccc54)c4c2B3c2c([2H])c([2H])c(-n3c5c([2H])c([2H])c([2H])c([2H])c5c5c([2H])c([2H])c([2H])c([2H])c53)c([2H])c2N4c2c(-c3ccccc3)cc(C(C)(C)C)cc2-c2ccccc2)c([2H])c1[2H]. The molecular formula is C128H90B2N6O. The fourth-order valence-electron chi connectivity index (χ4n) is 22.3. The Morgan fingerprint density at radius 1 is 0.248 bits per heavy atom. The number of ether oxygens (including phenoxy) is 1. The Bertz CT molecular complexity index is 10300. The van der Waals surface area contributed by atoms with Gasteiger partial charge >= 0.3 is 0 Å². The molecule has 137 heavy (non-hydrogen) atoms. The van der Waals surface area contributed by atoms with Crippen molar-refractivity contribution in [1.29, 1.82) is 0 Å². The maximum Gasteiger partial charge on any atom is 0.256 e. The number of nitrogens with zero attached hydrogens (tertiary/aromatic N) is 6. The van der Waals surface area contributed by atoms with Crippen LogP contribution in [0.1, 0.15) is 82.8 Å². The predicted octanol–water partition coefficient (Wildman–Crippen LogP) is 29.7. The van der Waals surface area contributed by atoms with E-state index < -0.39 is 185 Å². The first-order chi connectivity index (χ1) is 76.5. The maximum absolute atomic E-state index is 12.8. The molecule has 4 aliphatic heterocycles. The molecule has 9 heteroatoms. The highest BCUT2D eigenvalue weighted by atomic mass is 16.5. The summed E-state index contributed by atoms with van der Waals surface area (Å²) in [6.45, 7) is 10.0. The summed E-state index contributed by atoms with van der Waals surface area (Å²) < 4.78 is 244. The molecule has 0 spiro atoms. The molecule has 28 rings (SSSR count). The Morgan fingerprint density at radius 2 is 0.693 bits per heavy atom. The Kier molecular flexibility index (Phi) is 13.0. The van der Waals surface area contributed by atoms with Crippen LogP contribution in [0.25, 0.3) is 177 Å². The molecule has 4 aliphatic rings. The van der Waals surface area contributed by atoms with E-state index in [-0.39, 0.29) is 77.5 Å². The van der Waals surface area contributed by atoms with E-state index in [2.05, 4.69) is 164 Å². The van der Waals surface area contributed by atoms with Crippen LogP contribution in [0, 0.1) is 0 Å². The van der Waals surface area contributed by atoms with Gasteiger partial charge in [0.15, 0.2) is 0 Å². The molecule has 7 nitrogen and oxygen atoms in total. The quantitative estimate of drug-likeness (QED) is 0.121. The first-order valence-electron chi connectivity index (χ1n) is 57.2. The molecule has 20 aromatic carbocycles. The van der Waals surface area contributed by atoms with Gasteiger partial charge in [-0.1, -0.05) is 375 Å². The Labute approximate surface area is 827 Å². The number of anilines is 6. The zero-order valence-electron chi connectivity index (χ0n) is 97.1. The number of hydrogen-bond acceptors (Lipinski definition) is 3. The third-order valence-corrected chi connectivity index (χ3v) is 28.4. The average Bonchev–Trinajstić information content (AvgIpc) is 1.25. The summed E-state index contributed by atoms with van der Waals surface area (Å²) in [6, 6.07) is 86.1. The van der Waals surface area contributed by atoms with Crippen LogP contribution in [0.4, 0.5) is 34.1 Å². The predicted molar refractivity (Wildman–Crippen MR) is 579 cm³/mol. The maximum atomic E-state index is 12.8. The third-order valence-electron chi connectivity index (χ3n) is 28.4. The molecule has 0 amide bonds. The second kappa shape index (κ2) is 29.8. The van der Waals surface area contributed by atoms with Crippen LogP contribution in [0.3, 0.4) is 0 Å². The molecule has 0 saturated heterocycles. The van der Waals surface area contributed by atoms with Crippen LogP contribution in [0.2, 0.25) is 0 Å². The molecule has 0 aliphatic carbocycles. The summed E-state index contributed by atoms with van der Waals surface area (Å²) in [4.78, 5) is 4.39. The van der Waals surface area contributed by atoms with Crippen LogP contribution in [0.15, 0.2) is 436 Å². The van der Waals surface area contributed by atoms with Crippen LogP contribution in [0.5, 0.6) is 11.5 Å². The number of rotatable bonds is 11. The normalized spacial score (nSPS) is 15.3.